The van der Waals surface area contributed by atoms with Crippen LogP contribution in [0.4, 0.5) is 0 Å². The van der Waals surface area contributed by atoms with E-state index in [1.807, 2.05) is 13.0 Å². The van der Waals surface area contributed by atoms with Crippen LogP contribution in [0, 0.1) is 0 Å². The maximum Gasteiger partial charge on any atom is 0.251 e. The molecule has 2 rings (SSSR count). The van der Waals surface area contributed by atoms with Gasteiger partial charge in [-0.2, -0.15) is 0 Å². The monoisotopic (exact) mass is 284 g/mol. The maximum atomic E-state index is 12.0. The van der Waals surface area contributed by atoms with E-state index in [-0.39, 0.29) is 11.9 Å². The van der Waals surface area contributed by atoms with E-state index in [9.17, 15) is 4.79 Å². The van der Waals surface area contributed by atoms with Crippen LogP contribution >= 0.6 is 0 Å². The normalized spacial score (nSPS) is 17.5. The lowest BCUT2D eigenvalue weighted by Crippen LogP contribution is -2.44. The molecule has 21 heavy (non-hydrogen) atoms. The fourth-order valence-corrected chi connectivity index (χ4v) is 2.69. The third-order valence-corrected chi connectivity index (χ3v) is 3.96. The Morgan fingerprint density at radius 1 is 1.33 bits per heavy atom. The largest absolute Gasteiger partial charge is 0.349 e. The Hall–Kier alpha value is -1.87. The quantitative estimate of drug-likeness (QED) is 0.666. The highest BCUT2D eigenvalue weighted by atomic mass is 16.1. The molecular formula is C18H24N2O. The first kappa shape index (κ1) is 15.5. The highest BCUT2D eigenvalue weighted by molar-refractivity contribution is 5.96. The number of piperidine rings is 1. The van der Waals surface area contributed by atoms with Gasteiger partial charge in [-0.25, -0.2) is 0 Å². The molecule has 1 aliphatic rings. The summed E-state index contributed by atoms with van der Waals surface area (Å²) in [6.07, 6.45) is 5.42. The third kappa shape index (κ3) is 4.57. The molecule has 0 atom stereocenters. The van der Waals surface area contributed by atoms with E-state index < -0.39 is 0 Å². The van der Waals surface area contributed by atoms with Gasteiger partial charge in [0.1, 0.15) is 0 Å². The standard InChI is InChI=1S/C18H24N2O/c1-3-16(4-2)18(21)19-17-10-12-20(13-11-17)14-15-8-6-5-7-9-15/h3-9,17H,1,10-14H2,2H3,(H,19,21)/b16-4+. The lowest BCUT2D eigenvalue weighted by atomic mass is 10.0. The smallest absolute Gasteiger partial charge is 0.251 e. The van der Waals surface area contributed by atoms with Gasteiger partial charge in [0.2, 0.25) is 0 Å². The number of allylic oxidation sites excluding steroid dienone is 1. The molecule has 0 unspecified atom stereocenters. The number of amides is 1. The van der Waals surface area contributed by atoms with Crippen LogP contribution in [-0.2, 0) is 11.3 Å². The Kier molecular flexibility index (Phi) is 5.76. The van der Waals surface area contributed by atoms with Crippen LogP contribution in [0.25, 0.3) is 0 Å². The number of nitrogens with one attached hydrogen (secondary N) is 1. The highest BCUT2D eigenvalue weighted by Gasteiger charge is 2.21. The van der Waals surface area contributed by atoms with Crippen LogP contribution in [-0.4, -0.2) is 29.9 Å². The molecule has 112 valence electrons. The van der Waals surface area contributed by atoms with Gasteiger partial charge in [0, 0.05) is 31.2 Å². The number of hydrogen-bond acceptors (Lipinski definition) is 2. The average molecular weight is 284 g/mol. The van der Waals surface area contributed by atoms with Crippen molar-refractivity contribution in [3.8, 4) is 0 Å². The number of hydrogen-bond donors (Lipinski definition) is 1. The Labute approximate surface area is 127 Å². The molecule has 3 heteroatoms. The van der Waals surface area contributed by atoms with Crippen LogP contribution in [0.2, 0.25) is 0 Å². The topological polar surface area (TPSA) is 32.3 Å². The Morgan fingerprint density at radius 3 is 2.57 bits per heavy atom. The highest BCUT2D eigenvalue weighted by Crippen LogP contribution is 2.14. The summed E-state index contributed by atoms with van der Waals surface area (Å²) in [5.74, 6) is -0.00555. The Bertz CT molecular complexity index is 499. The van der Waals surface area contributed by atoms with Crippen LogP contribution in [0.15, 0.2) is 54.6 Å². The number of nitrogens with zero attached hydrogens (tertiary/aromatic N) is 1. The van der Waals surface area contributed by atoms with Crippen molar-refractivity contribution in [3.05, 3.63) is 60.2 Å². The third-order valence-electron chi connectivity index (χ3n) is 3.96. The van der Waals surface area contributed by atoms with Gasteiger partial charge < -0.3 is 5.32 Å². The molecule has 0 radical (unpaired) electrons. The molecule has 0 bridgehead atoms. The van der Waals surface area contributed by atoms with Crippen molar-refractivity contribution in [1.82, 2.24) is 10.2 Å². The van der Waals surface area contributed by atoms with E-state index in [4.69, 9.17) is 0 Å². The first-order valence-corrected chi connectivity index (χ1v) is 7.59. The van der Waals surface area contributed by atoms with Crippen molar-refractivity contribution in [1.29, 1.82) is 0 Å². The van der Waals surface area contributed by atoms with Gasteiger partial charge in [0.05, 0.1) is 0 Å². The first-order chi connectivity index (χ1) is 10.2. The summed E-state index contributed by atoms with van der Waals surface area (Å²) in [5, 5.41) is 3.10. The van der Waals surface area contributed by atoms with Crippen molar-refractivity contribution < 1.29 is 4.79 Å². The van der Waals surface area contributed by atoms with Crippen LogP contribution in [0.5, 0.6) is 0 Å². The van der Waals surface area contributed by atoms with E-state index in [2.05, 4.69) is 41.1 Å². The molecule has 1 saturated heterocycles. The first-order valence-electron chi connectivity index (χ1n) is 7.59. The zero-order valence-electron chi connectivity index (χ0n) is 12.7. The molecule has 3 nitrogen and oxygen atoms in total. The second kappa shape index (κ2) is 7.79. The number of likely N-dealkylation sites (tertiary alicyclic amines) is 1. The summed E-state index contributed by atoms with van der Waals surface area (Å²) in [4.78, 5) is 14.4. The summed E-state index contributed by atoms with van der Waals surface area (Å²) in [6.45, 7) is 8.58. The summed E-state index contributed by atoms with van der Waals surface area (Å²) in [5.41, 5.74) is 2.00. The fourth-order valence-electron chi connectivity index (χ4n) is 2.69. The van der Waals surface area contributed by atoms with E-state index in [0.29, 0.717) is 5.57 Å². The Balaban J connectivity index is 1.78. The fraction of sp³-hybridized carbons (Fsp3) is 0.389. The zero-order chi connectivity index (χ0) is 15.1. The summed E-state index contributed by atoms with van der Waals surface area (Å²) < 4.78 is 0. The summed E-state index contributed by atoms with van der Waals surface area (Å²) in [6, 6.07) is 10.8. The van der Waals surface area contributed by atoms with Crippen LogP contribution in [0.3, 0.4) is 0 Å². The lowest BCUT2D eigenvalue weighted by molar-refractivity contribution is -0.118. The molecule has 1 fully saturated rings. The van der Waals surface area contributed by atoms with E-state index in [0.717, 1.165) is 32.5 Å². The van der Waals surface area contributed by atoms with E-state index in [1.54, 1.807) is 12.2 Å². The van der Waals surface area contributed by atoms with Gasteiger partial charge in [-0.1, -0.05) is 49.1 Å². The zero-order valence-corrected chi connectivity index (χ0v) is 12.7. The predicted molar refractivity (Wildman–Crippen MR) is 86.8 cm³/mol. The minimum atomic E-state index is -0.00555. The maximum absolute atomic E-state index is 12.0. The van der Waals surface area contributed by atoms with Crippen molar-refractivity contribution in [2.75, 3.05) is 13.1 Å². The van der Waals surface area contributed by atoms with Crippen molar-refractivity contribution >= 4 is 5.91 Å². The SMILES string of the molecule is C=C/C(=C\C)C(=O)NC1CCN(Cc2ccccc2)CC1. The van der Waals surface area contributed by atoms with Crippen molar-refractivity contribution in [2.45, 2.75) is 32.4 Å². The molecule has 1 heterocycles. The van der Waals surface area contributed by atoms with Gasteiger partial charge >= 0.3 is 0 Å². The molecule has 1 aliphatic heterocycles. The average Bonchev–Trinajstić information content (AvgIpc) is 2.51. The van der Waals surface area contributed by atoms with Gasteiger partial charge in [-0.15, -0.1) is 0 Å². The number of carbonyl (C=O) groups is 1. The van der Waals surface area contributed by atoms with Crippen molar-refractivity contribution in [2.24, 2.45) is 0 Å². The second-order valence-corrected chi connectivity index (χ2v) is 5.46. The van der Waals surface area contributed by atoms with E-state index >= 15 is 0 Å². The molecule has 1 N–H and O–H groups in total. The Morgan fingerprint density at radius 2 is 2.00 bits per heavy atom. The number of rotatable bonds is 5. The molecule has 1 aromatic rings. The van der Waals surface area contributed by atoms with Crippen molar-refractivity contribution in [3.63, 3.8) is 0 Å². The number of benzene rings is 1. The van der Waals surface area contributed by atoms with Gasteiger partial charge in [-0.05, 0) is 25.3 Å². The summed E-state index contributed by atoms with van der Waals surface area (Å²) >= 11 is 0. The molecular weight excluding hydrogens is 260 g/mol. The molecule has 0 saturated carbocycles. The van der Waals surface area contributed by atoms with Crippen LogP contribution in [0.1, 0.15) is 25.3 Å². The van der Waals surface area contributed by atoms with E-state index in [1.165, 1.54) is 5.56 Å². The van der Waals surface area contributed by atoms with Crippen LogP contribution < -0.4 is 5.32 Å². The molecule has 1 aromatic carbocycles. The minimum absolute atomic E-state index is 0.00555. The van der Waals surface area contributed by atoms with Gasteiger partial charge in [0.15, 0.2) is 0 Å². The molecule has 0 spiro atoms. The molecule has 0 aromatic heterocycles. The van der Waals surface area contributed by atoms with Gasteiger partial charge in [-0.3, -0.25) is 9.69 Å². The predicted octanol–water partition coefficient (Wildman–Crippen LogP) is 2.90. The minimum Gasteiger partial charge on any atom is -0.349 e. The second-order valence-electron chi connectivity index (χ2n) is 5.46. The number of carbonyl (C=O) groups excluding carboxylic acids is 1. The molecule has 1 amide bonds. The van der Waals surface area contributed by atoms with Gasteiger partial charge in [0.25, 0.3) is 5.91 Å². The molecule has 0 aliphatic carbocycles. The summed E-state index contributed by atoms with van der Waals surface area (Å²) in [7, 11) is 0. The lowest BCUT2D eigenvalue weighted by Gasteiger charge is -2.32.